The fourth-order valence-corrected chi connectivity index (χ4v) is 7.53. The van der Waals surface area contributed by atoms with Gasteiger partial charge < -0.3 is 15.0 Å². The number of rotatable bonds is 14. The van der Waals surface area contributed by atoms with E-state index in [2.05, 4.69) is 21.2 Å². The zero-order valence-corrected chi connectivity index (χ0v) is 28.8. The molecule has 1 N–H and O–H groups in total. The number of sulfonamides is 1. The van der Waals surface area contributed by atoms with Crippen LogP contribution in [-0.2, 0) is 32.6 Å². The van der Waals surface area contributed by atoms with Gasteiger partial charge in [0.05, 0.1) is 17.2 Å². The van der Waals surface area contributed by atoms with Crippen LogP contribution >= 0.6 is 15.9 Å². The molecule has 0 radical (unpaired) electrons. The Labute approximate surface area is 285 Å². The molecule has 1 saturated carbocycles. The molecule has 10 heteroatoms. The smallest absolute Gasteiger partial charge is 0.264 e. The molecule has 246 valence electrons. The molecule has 0 heterocycles. The molecule has 0 aromatic heterocycles. The number of amides is 2. The van der Waals surface area contributed by atoms with Crippen LogP contribution < -0.4 is 14.4 Å². The second-order valence-electron chi connectivity index (χ2n) is 11.6. The second kappa shape index (κ2) is 16.1. The molecule has 1 atom stereocenters. The van der Waals surface area contributed by atoms with Gasteiger partial charge in [-0.25, -0.2) is 8.42 Å². The minimum Gasteiger partial charge on any atom is -0.494 e. The molecule has 8 nitrogen and oxygen atoms in total. The van der Waals surface area contributed by atoms with Crippen LogP contribution in [-0.4, -0.2) is 50.4 Å². The number of hydrogen-bond acceptors (Lipinski definition) is 5. The molecule has 5 rings (SSSR count). The van der Waals surface area contributed by atoms with Crippen LogP contribution in [0.15, 0.2) is 119 Å². The summed E-state index contributed by atoms with van der Waals surface area (Å²) in [6, 6.07) is 31.0. The molecule has 1 aliphatic carbocycles. The highest BCUT2D eigenvalue weighted by atomic mass is 79.9. The minimum atomic E-state index is -4.17. The van der Waals surface area contributed by atoms with E-state index in [1.54, 1.807) is 42.5 Å². The fraction of sp³-hybridized carbons (Fsp3) is 0.297. The lowest BCUT2D eigenvalue weighted by Crippen LogP contribution is -2.54. The van der Waals surface area contributed by atoms with Crippen LogP contribution in [0.25, 0.3) is 0 Å². The summed E-state index contributed by atoms with van der Waals surface area (Å²) in [4.78, 5) is 30.3. The third kappa shape index (κ3) is 9.02. The van der Waals surface area contributed by atoms with Crippen molar-refractivity contribution in [1.29, 1.82) is 0 Å². The lowest BCUT2D eigenvalue weighted by molar-refractivity contribution is -0.140. The zero-order chi connectivity index (χ0) is 33.2. The van der Waals surface area contributed by atoms with Crippen molar-refractivity contribution in [3.05, 3.63) is 125 Å². The Morgan fingerprint density at radius 2 is 1.47 bits per heavy atom. The molecule has 1 aliphatic rings. The molecule has 0 unspecified atom stereocenters. The molecule has 4 aromatic rings. The number of hydrogen-bond donors (Lipinski definition) is 1. The van der Waals surface area contributed by atoms with Crippen molar-refractivity contribution in [2.45, 2.75) is 62.6 Å². The fourth-order valence-electron chi connectivity index (χ4n) is 5.83. The summed E-state index contributed by atoms with van der Waals surface area (Å²) in [5, 5.41) is 3.20. The Balaban J connectivity index is 1.55. The molecule has 0 spiro atoms. The van der Waals surface area contributed by atoms with Gasteiger partial charge in [0.25, 0.3) is 10.0 Å². The Bertz CT molecular complexity index is 1710. The summed E-state index contributed by atoms with van der Waals surface area (Å²) in [7, 11) is -4.17. The molecule has 0 saturated heterocycles. The van der Waals surface area contributed by atoms with Gasteiger partial charge in [0.15, 0.2) is 0 Å². The molecule has 0 aliphatic heterocycles. The second-order valence-corrected chi connectivity index (χ2v) is 14.4. The van der Waals surface area contributed by atoms with Crippen LogP contribution in [0.2, 0.25) is 0 Å². The van der Waals surface area contributed by atoms with E-state index in [1.807, 2.05) is 61.5 Å². The summed E-state index contributed by atoms with van der Waals surface area (Å²) in [5.74, 6) is -0.156. The van der Waals surface area contributed by atoms with E-state index in [4.69, 9.17) is 4.74 Å². The maximum atomic E-state index is 14.6. The number of anilines is 1. The van der Waals surface area contributed by atoms with E-state index in [-0.39, 0.29) is 29.8 Å². The van der Waals surface area contributed by atoms with Crippen molar-refractivity contribution in [2.24, 2.45) is 0 Å². The maximum absolute atomic E-state index is 14.6. The summed E-state index contributed by atoms with van der Waals surface area (Å²) >= 11 is 3.48. The molecule has 47 heavy (non-hydrogen) atoms. The van der Waals surface area contributed by atoms with E-state index in [0.29, 0.717) is 18.0 Å². The van der Waals surface area contributed by atoms with Gasteiger partial charge in [-0.3, -0.25) is 13.9 Å². The first-order valence-corrected chi connectivity index (χ1v) is 18.2. The van der Waals surface area contributed by atoms with Crippen LogP contribution in [0.1, 0.15) is 43.7 Å². The van der Waals surface area contributed by atoms with Gasteiger partial charge in [0.1, 0.15) is 18.3 Å². The SMILES string of the molecule is CCOc1ccc(N(CC(=O)N(Cc2ccc(Br)cc2)[C@@H](Cc2ccccc2)C(=O)NC2CCCC2)S(=O)(=O)c2ccccc2)cc1. The van der Waals surface area contributed by atoms with Crippen molar-refractivity contribution in [1.82, 2.24) is 10.2 Å². The lowest BCUT2D eigenvalue weighted by atomic mass is 10.0. The van der Waals surface area contributed by atoms with Gasteiger partial charge >= 0.3 is 0 Å². The van der Waals surface area contributed by atoms with Gasteiger partial charge in [-0.15, -0.1) is 0 Å². The van der Waals surface area contributed by atoms with Gasteiger partial charge in [-0.2, -0.15) is 0 Å². The average molecular weight is 719 g/mol. The highest BCUT2D eigenvalue weighted by Gasteiger charge is 2.35. The van der Waals surface area contributed by atoms with Crippen molar-refractivity contribution in [3.63, 3.8) is 0 Å². The summed E-state index contributed by atoms with van der Waals surface area (Å²) in [6.45, 7) is 1.93. The number of ether oxygens (including phenoxy) is 1. The first kappa shape index (κ1) is 34.2. The normalized spacial score (nSPS) is 13.9. The summed E-state index contributed by atoms with van der Waals surface area (Å²) in [5.41, 5.74) is 2.02. The zero-order valence-electron chi connectivity index (χ0n) is 26.4. The van der Waals surface area contributed by atoms with Crippen molar-refractivity contribution in [3.8, 4) is 5.75 Å². The first-order valence-electron chi connectivity index (χ1n) is 15.9. The van der Waals surface area contributed by atoms with E-state index in [1.165, 1.54) is 17.0 Å². The maximum Gasteiger partial charge on any atom is 0.264 e. The summed E-state index contributed by atoms with van der Waals surface area (Å²) in [6.07, 6.45) is 4.15. The van der Waals surface area contributed by atoms with Crippen LogP contribution in [0.4, 0.5) is 5.69 Å². The van der Waals surface area contributed by atoms with E-state index < -0.39 is 28.5 Å². The molecule has 2 amide bonds. The quantitative estimate of drug-likeness (QED) is 0.156. The average Bonchev–Trinajstić information content (AvgIpc) is 3.60. The van der Waals surface area contributed by atoms with E-state index in [0.717, 1.165) is 45.6 Å². The van der Waals surface area contributed by atoms with E-state index >= 15 is 0 Å². The number of nitrogens with one attached hydrogen (secondary N) is 1. The van der Waals surface area contributed by atoms with Crippen molar-refractivity contribution < 1.29 is 22.7 Å². The Hall–Kier alpha value is -4.15. The monoisotopic (exact) mass is 717 g/mol. The lowest BCUT2D eigenvalue weighted by Gasteiger charge is -2.34. The number of carbonyl (C=O) groups excluding carboxylic acids is 2. The number of halogens is 1. The Kier molecular flexibility index (Phi) is 11.7. The topological polar surface area (TPSA) is 96.0 Å². The number of benzene rings is 4. The predicted molar refractivity (Wildman–Crippen MR) is 188 cm³/mol. The third-order valence-corrected chi connectivity index (χ3v) is 10.6. The van der Waals surface area contributed by atoms with Gasteiger partial charge in [-0.05, 0) is 79.4 Å². The molecular weight excluding hydrogens is 678 g/mol. The Morgan fingerprint density at radius 3 is 2.09 bits per heavy atom. The summed E-state index contributed by atoms with van der Waals surface area (Å²) < 4.78 is 35.9. The van der Waals surface area contributed by atoms with Gasteiger partial charge in [0, 0.05) is 23.5 Å². The van der Waals surface area contributed by atoms with Crippen LogP contribution in [0.3, 0.4) is 0 Å². The number of carbonyl (C=O) groups is 2. The highest BCUT2D eigenvalue weighted by Crippen LogP contribution is 2.27. The molecular formula is C37H40BrN3O5S. The standard InChI is InChI=1S/C37H40BrN3O5S/c1-2-46-33-23-21-32(22-24-33)41(47(44,45)34-15-7-4-8-16-34)27-36(42)40(26-29-17-19-30(38)20-18-29)35(25-28-11-5-3-6-12-28)37(43)39-31-13-9-10-14-31/h3-8,11-12,15-24,31,35H,2,9-10,13-14,25-27H2,1H3,(H,39,43)/t35-/m0/s1. The highest BCUT2D eigenvalue weighted by molar-refractivity contribution is 9.10. The Morgan fingerprint density at radius 1 is 0.851 bits per heavy atom. The van der Waals surface area contributed by atoms with Gasteiger partial charge in [-0.1, -0.05) is 89.4 Å². The van der Waals surface area contributed by atoms with Crippen molar-refractivity contribution >= 4 is 43.5 Å². The number of nitrogens with zero attached hydrogens (tertiary/aromatic N) is 2. The molecule has 0 bridgehead atoms. The van der Waals surface area contributed by atoms with E-state index in [9.17, 15) is 18.0 Å². The van der Waals surface area contributed by atoms with Gasteiger partial charge in [0.2, 0.25) is 11.8 Å². The van der Waals surface area contributed by atoms with Crippen molar-refractivity contribution in [2.75, 3.05) is 17.5 Å². The largest absolute Gasteiger partial charge is 0.494 e. The third-order valence-electron chi connectivity index (χ3n) is 8.28. The first-order chi connectivity index (χ1) is 22.7. The van der Waals surface area contributed by atoms with Crippen LogP contribution in [0, 0.1) is 0 Å². The predicted octanol–water partition coefficient (Wildman–Crippen LogP) is 6.74. The molecule has 4 aromatic carbocycles. The molecule has 1 fully saturated rings. The minimum absolute atomic E-state index is 0.0456. The van der Waals surface area contributed by atoms with Crippen LogP contribution in [0.5, 0.6) is 5.75 Å².